The second-order valence-electron chi connectivity index (χ2n) is 8.10. The molecule has 28 heavy (non-hydrogen) atoms. The van der Waals surface area contributed by atoms with Crippen LogP contribution in [0.2, 0.25) is 0 Å². The molecule has 0 radical (unpaired) electrons. The first kappa shape index (κ1) is 20.8. The maximum atomic E-state index is 12.8. The first-order valence-corrected chi connectivity index (χ1v) is 10.9. The molecule has 1 amide bonds. The summed E-state index contributed by atoms with van der Waals surface area (Å²) in [5.41, 5.74) is 1.00. The summed E-state index contributed by atoms with van der Waals surface area (Å²) in [5.74, 6) is 0.477. The van der Waals surface area contributed by atoms with Gasteiger partial charge in [-0.25, -0.2) is 4.79 Å². The molecule has 0 aromatic heterocycles. The van der Waals surface area contributed by atoms with Crippen LogP contribution in [0.15, 0.2) is 30.3 Å². The van der Waals surface area contributed by atoms with Crippen LogP contribution in [-0.2, 0) is 16.1 Å². The van der Waals surface area contributed by atoms with E-state index in [0.29, 0.717) is 18.8 Å². The summed E-state index contributed by atoms with van der Waals surface area (Å²) >= 11 is 0. The molecule has 0 aliphatic carbocycles. The highest BCUT2D eigenvalue weighted by Crippen LogP contribution is 2.38. The molecule has 0 saturated carbocycles. The number of nitrogens with zero attached hydrogens (tertiary/aromatic N) is 2. The van der Waals surface area contributed by atoms with E-state index in [1.165, 1.54) is 0 Å². The molecule has 2 fully saturated rings. The Balaban J connectivity index is 1.55. The van der Waals surface area contributed by atoms with Gasteiger partial charge in [0.15, 0.2) is 0 Å². The van der Waals surface area contributed by atoms with Crippen molar-refractivity contribution in [3.8, 4) is 0 Å². The molecule has 2 bridgehead atoms. The summed E-state index contributed by atoms with van der Waals surface area (Å²) in [6, 6.07) is 10.1. The summed E-state index contributed by atoms with van der Waals surface area (Å²) in [5, 5.41) is 0. The van der Waals surface area contributed by atoms with Crippen LogP contribution in [-0.4, -0.2) is 53.4 Å². The maximum absolute atomic E-state index is 12.8. The lowest BCUT2D eigenvalue weighted by atomic mass is 9.76. The van der Waals surface area contributed by atoms with Gasteiger partial charge in [0, 0.05) is 31.0 Å². The lowest BCUT2D eigenvalue weighted by Crippen LogP contribution is -2.55. The Kier molecular flexibility index (Phi) is 7.49. The standard InChI is InChI=1S/C23H34N2O3/c1-3-24(4-2)14-13-22(26)19-15-20-11-8-12-21(16-19)25(20)23(27)28-17-18-9-6-5-7-10-18/h5-7,9-10,19-21H,3-4,8,11-17H2,1-2H3. The fraction of sp³-hybridized carbons (Fsp3) is 0.652. The van der Waals surface area contributed by atoms with E-state index in [1.54, 1.807) is 0 Å². The number of ketones is 1. The van der Waals surface area contributed by atoms with E-state index in [-0.39, 0.29) is 24.1 Å². The minimum Gasteiger partial charge on any atom is -0.445 e. The van der Waals surface area contributed by atoms with Crippen molar-refractivity contribution in [2.45, 2.75) is 71.1 Å². The molecule has 3 rings (SSSR count). The largest absolute Gasteiger partial charge is 0.445 e. The van der Waals surface area contributed by atoms with Crippen molar-refractivity contribution in [1.82, 2.24) is 9.80 Å². The topological polar surface area (TPSA) is 49.9 Å². The zero-order valence-electron chi connectivity index (χ0n) is 17.3. The number of hydrogen-bond donors (Lipinski definition) is 0. The van der Waals surface area contributed by atoms with Crippen LogP contribution < -0.4 is 0 Å². The number of carbonyl (C=O) groups is 2. The van der Waals surface area contributed by atoms with Crippen molar-refractivity contribution >= 4 is 11.9 Å². The molecule has 2 unspecified atom stereocenters. The molecule has 1 aromatic carbocycles. The quantitative estimate of drug-likeness (QED) is 0.670. The second kappa shape index (κ2) is 10.1. The Morgan fingerprint density at radius 1 is 1.07 bits per heavy atom. The van der Waals surface area contributed by atoms with Crippen molar-refractivity contribution in [2.75, 3.05) is 19.6 Å². The maximum Gasteiger partial charge on any atom is 0.410 e. The van der Waals surface area contributed by atoms with Crippen LogP contribution in [0.3, 0.4) is 0 Å². The lowest BCUT2D eigenvalue weighted by molar-refractivity contribution is -0.127. The lowest BCUT2D eigenvalue weighted by Gasteiger charge is -2.47. The van der Waals surface area contributed by atoms with Crippen LogP contribution in [0.1, 0.15) is 57.9 Å². The van der Waals surface area contributed by atoms with Crippen LogP contribution in [0, 0.1) is 5.92 Å². The van der Waals surface area contributed by atoms with Crippen molar-refractivity contribution in [2.24, 2.45) is 5.92 Å². The zero-order chi connectivity index (χ0) is 19.9. The Labute approximate surface area is 169 Å². The smallest absolute Gasteiger partial charge is 0.410 e. The van der Waals surface area contributed by atoms with Crippen LogP contribution in [0.5, 0.6) is 0 Å². The van der Waals surface area contributed by atoms with Gasteiger partial charge >= 0.3 is 6.09 Å². The molecule has 1 aromatic rings. The number of amides is 1. The van der Waals surface area contributed by atoms with Gasteiger partial charge in [-0.05, 0) is 50.8 Å². The van der Waals surface area contributed by atoms with E-state index in [1.807, 2.05) is 35.2 Å². The van der Waals surface area contributed by atoms with Crippen molar-refractivity contribution < 1.29 is 14.3 Å². The minimum absolute atomic E-state index is 0.101. The fourth-order valence-electron chi connectivity index (χ4n) is 4.75. The molecule has 154 valence electrons. The van der Waals surface area contributed by atoms with Gasteiger partial charge in [0.25, 0.3) is 0 Å². The summed E-state index contributed by atoms with van der Waals surface area (Å²) in [7, 11) is 0. The molecule has 2 heterocycles. The zero-order valence-corrected chi connectivity index (χ0v) is 17.3. The van der Waals surface area contributed by atoms with Crippen LogP contribution >= 0.6 is 0 Å². The van der Waals surface area contributed by atoms with Gasteiger partial charge in [0.05, 0.1) is 0 Å². The van der Waals surface area contributed by atoms with Crippen molar-refractivity contribution in [1.29, 1.82) is 0 Å². The number of benzene rings is 1. The summed E-state index contributed by atoms with van der Waals surface area (Å²) in [6.07, 6.45) is 5.12. The highest BCUT2D eigenvalue weighted by molar-refractivity contribution is 5.82. The Morgan fingerprint density at radius 3 is 2.32 bits per heavy atom. The molecular formula is C23H34N2O3. The third kappa shape index (κ3) is 5.13. The molecule has 5 nitrogen and oxygen atoms in total. The SMILES string of the molecule is CCN(CC)CCC(=O)C1CC2CCCC(C1)N2C(=O)OCc1ccccc1. The van der Waals surface area contributed by atoms with Gasteiger partial charge in [-0.3, -0.25) is 4.79 Å². The van der Waals surface area contributed by atoms with E-state index in [4.69, 9.17) is 4.74 Å². The van der Waals surface area contributed by atoms with E-state index >= 15 is 0 Å². The third-order valence-electron chi connectivity index (χ3n) is 6.41. The van der Waals surface area contributed by atoms with Gasteiger partial charge in [-0.15, -0.1) is 0 Å². The highest BCUT2D eigenvalue weighted by atomic mass is 16.6. The van der Waals surface area contributed by atoms with Gasteiger partial charge < -0.3 is 14.5 Å². The number of piperidine rings is 2. The fourth-order valence-corrected chi connectivity index (χ4v) is 4.75. The normalized spacial score (nSPS) is 24.2. The monoisotopic (exact) mass is 386 g/mol. The number of hydrogen-bond acceptors (Lipinski definition) is 4. The predicted octanol–water partition coefficient (Wildman–Crippen LogP) is 4.26. The molecule has 2 saturated heterocycles. The number of fused-ring (bicyclic) bond motifs is 2. The highest BCUT2D eigenvalue weighted by Gasteiger charge is 2.43. The Bertz CT molecular complexity index is 631. The molecule has 5 heteroatoms. The average molecular weight is 387 g/mol. The average Bonchev–Trinajstić information content (AvgIpc) is 2.72. The third-order valence-corrected chi connectivity index (χ3v) is 6.41. The van der Waals surface area contributed by atoms with Crippen molar-refractivity contribution in [3.05, 3.63) is 35.9 Å². The van der Waals surface area contributed by atoms with Crippen LogP contribution in [0.4, 0.5) is 4.79 Å². The molecule has 2 atom stereocenters. The van der Waals surface area contributed by atoms with Crippen molar-refractivity contribution in [3.63, 3.8) is 0 Å². The van der Waals surface area contributed by atoms with Crippen LogP contribution in [0.25, 0.3) is 0 Å². The van der Waals surface area contributed by atoms with Gasteiger partial charge in [0.2, 0.25) is 0 Å². The first-order valence-electron chi connectivity index (χ1n) is 10.9. The van der Waals surface area contributed by atoms with Gasteiger partial charge in [-0.1, -0.05) is 44.2 Å². The number of carbonyl (C=O) groups excluding carboxylic acids is 2. The first-order chi connectivity index (χ1) is 13.6. The summed E-state index contributed by atoms with van der Waals surface area (Å²) in [4.78, 5) is 29.8. The predicted molar refractivity (Wildman–Crippen MR) is 110 cm³/mol. The molecular weight excluding hydrogens is 352 g/mol. The van der Waals surface area contributed by atoms with Gasteiger partial charge in [-0.2, -0.15) is 0 Å². The van der Waals surface area contributed by atoms with E-state index in [9.17, 15) is 9.59 Å². The second-order valence-corrected chi connectivity index (χ2v) is 8.10. The minimum atomic E-state index is -0.215. The Morgan fingerprint density at radius 2 is 1.71 bits per heavy atom. The molecule has 2 aliphatic heterocycles. The molecule has 0 spiro atoms. The summed E-state index contributed by atoms with van der Waals surface area (Å²) < 4.78 is 5.60. The molecule has 0 N–H and O–H groups in total. The van der Waals surface area contributed by atoms with E-state index < -0.39 is 0 Å². The molecule has 2 aliphatic rings. The summed E-state index contributed by atoms with van der Waals surface area (Å²) in [6.45, 7) is 7.40. The number of rotatable bonds is 8. The van der Waals surface area contributed by atoms with Gasteiger partial charge in [0.1, 0.15) is 12.4 Å². The number of ether oxygens (including phenoxy) is 1. The van der Waals surface area contributed by atoms with E-state index in [2.05, 4.69) is 18.7 Å². The Hall–Kier alpha value is -1.88. The van der Waals surface area contributed by atoms with E-state index in [0.717, 1.165) is 57.3 Å². The number of Topliss-reactive ketones (excluding diaryl/α,β-unsaturated/α-hetero) is 1.